The van der Waals surface area contributed by atoms with E-state index in [0.29, 0.717) is 13.1 Å². The van der Waals surface area contributed by atoms with Gasteiger partial charge in [0.25, 0.3) is 5.91 Å². The molecule has 3 rings (SSSR count). The Labute approximate surface area is 134 Å². The van der Waals surface area contributed by atoms with Gasteiger partial charge in [-0.25, -0.2) is 0 Å². The Morgan fingerprint density at radius 1 is 1.35 bits per heavy atom. The molecule has 0 unspecified atom stereocenters. The first kappa shape index (κ1) is 15.8. The van der Waals surface area contributed by atoms with E-state index in [1.54, 1.807) is 12.3 Å². The van der Waals surface area contributed by atoms with Crippen LogP contribution < -0.4 is 0 Å². The zero-order valence-corrected chi connectivity index (χ0v) is 12.8. The van der Waals surface area contributed by atoms with Crippen molar-refractivity contribution in [3.05, 3.63) is 46.5 Å². The number of halogens is 4. The molecule has 0 N–H and O–H groups in total. The van der Waals surface area contributed by atoms with Gasteiger partial charge < -0.3 is 4.90 Å². The van der Waals surface area contributed by atoms with Crippen LogP contribution in [0.15, 0.2) is 24.4 Å². The summed E-state index contributed by atoms with van der Waals surface area (Å²) in [4.78, 5) is 18.0. The van der Waals surface area contributed by atoms with Gasteiger partial charge in [-0.1, -0.05) is 17.7 Å². The number of likely N-dealkylation sites (tertiary alicyclic amines) is 1. The van der Waals surface area contributed by atoms with Crippen LogP contribution in [-0.4, -0.2) is 38.7 Å². The van der Waals surface area contributed by atoms with E-state index in [0.717, 1.165) is 10.4 Å². The van der Waals surface area contributed by atoms with Gasteiger partial charge in [-0.3, -0.25) is 14.5 Å². The number of pyridine rings is 1. The molecule has 0 aliphatic carbocycles. The number of aryl methyl sites for hydroxylation is 1. The van der Waals surface area contributed by atoms with Crippen LogP contribution in [0.3, 0.4) is 0 Å². The Balaban J connectivity index is 1.77. The topological polar surface area (TPSA) is 51.0 Å². The van der Waals surface area contributed by atoms with Gasteiger partial charge in [0.2, 0.25) is 0 Å². The van der Waals surface area contributed by atoms with Crippen molar-refractivity contribution in [1.82, 2.24) is 19.7 Å². The fourth-order valence-corrected chi connectivity index (χ4v) is 2.86. The fraction of sp³-hybridized carbons (Fsp3) is 0.357. The Bertz CT molecular complexity index is 738. The van der Waals surface area contributed by atoms with Gasteiger partial charge in [0.05, 0.1) is 0 Å². The van der Waals surface area contributed by atoms with Gasteiger partial charge in [-0.2, -0.15) is 18.3 Å². The maximum Gasteiger partial charge on any atom is 0.436 e. The Morgan fingerprint density at radius 3 is 2.57 bits per heavy atom. The summed E-state index contributed by atoms with van der Waals surface area (Å²) in [5.41, 5.74) is -0.645. The normalized spacial score (nSPS) is 15.6. The molecule has 3 heterocycles. The van der Waals surface area contributed by atoms with Gasteiger partial charge >= 0.3 is 6.18 Å². The number of amides is 1. The van der Waals surface area contributed by atoms with E-state index in [4.69, 9.17) is 11.6 Å². The van der Waals surface area contributed by atoms with E-state index in [2.05, 4.69) is 10.1 Å². The fourth-order valence-electron chi connectivity index (χ4n) is 2.51. The van der Waals surface area contributed by atoms with E-state index in [-0.39, 0.29) is 11.6 Å². The molecule has 0 spiro atoms. The number of carbonyl (C=O) groups is 1. The number of hydrogen-bond donors (Lipinski definition) is 0. The molecule has 0 aromatic carbocycles. The summed E-state index contributed by atoms with van der Waals surface area (Å²) in [5, 5.41) is 2.66. The van der Waals surface area contributed by atoms with Crippen molar-refractivity contribution in [2.24, 2.45) is 7.05 Å². The Kier molecular flexibility index (Phi) is 3.79. The molecule has 2 aromatic rings. The first-order valence-corrected chi connectivity index (χ1v) is 7.16. The molecule has 0 radical (unpaired) electrons. The lowest BCUT2D eigenvalue weighted by Crippen LogP contribution is -2.49. The standard InChI is InChI=1S/C14H12ClF3N4O/c1-21-11(10(15)12(20-21)14(16,17)18)13(23)22-6-8(7-22)9-4-2-3-5-19-9/h2-5,8H,6-7H2,1H3. The van der Waals surface area contributed by atoms with Crippen LogP contribution in [-0.2, 0) is 13.2 Å². The molecule has 0 atom stereocenters. The number of carbonyl (C=O) groups excluding carboxylic acids is 1. The van der Waals surface area contributed by atoms with Gasteiger partial charge in [0.15, 0.2) is 5.69 Å². The van der Waals surface area contributed by atoms with E-state index in [1.807, 2.05) is 12.1 Å². The van der Waals surface area contributed by atoms with E-state index < -0.39 is 22.8 Å². The lowest BCUT2D eigenvalue weighted by Gasteiger charge is -2.38. The molecular formula is C14H12ClF3N4O. The molecule has 23 heavy (non-hydrogen) atoms. The van der Waals surface area contributed by atoms with Crippen molar-refractivity contribution >= 4 is 17.5 Å². The summed E-state index contributed by atoms with van der Waals surface area (Å²) in [6.45, 7) is 0.775. The van der Waals surface area contributed by atoms with Crippen LogP contribution >= 0.6 is 11.6 Å². The highest BCUT2D eigenvalue weighted by Crippen LogP contribution is 2.36. The summed E-state index contributed by atoms with van der Waals surface area (Å²) in [6, 6.07) is 5.49. The quantitative estimate of drug-likeness (QED) is 0.841. The van der Waals surface area contributed by atoms with Crippen molar-refractivity contribution in [1.29, 1.82) is 0 Å². The minimum atomic E-state index is -4.70. The highest BCUT2D eigenvalue weighted by molar-refractivity contribution is 6.34. The number of nitrogens with zero attached hydrogens (tertiary/aromatic N) is 4. The molecule has 9 heteroatoms. The smallest absolute Gasteiger partial charge is 0.336 e. The molecule has 1 aliphatic rings. The monoisotopic (exact) mass is 344 g/mol. The average molecular weight is 345 g/mol. The molecule has 1 aliphatic heterocycles. The molecule has 1 amide bonds. The SMILES string of the molecule is Cn1nc(C(F)(F)F)c(Cl)c1C(=O)N1CC(c2ccccn2)C1. The molecule has 5 nitrogen and oxygen atoms in total. The molecule has 0 saturated carbocycles. The first-order valence-electron chi connectivity index (χ1n) is 6.79. The maximum absolute atomic E-state index is 12.8. The van der Waals surface area contributed by atoms with E-state index >= 15 is 0 Å². The van der Waals surface area contributed by atoms with Crippen LogP contribution in [0.25, 0.3) is 0 Å². The second-order valence-corrected chi connectivity index (χ2v) is 5.67. The zero-order valence-electron chi connectivity index (χ0n) is 12.0. The molecular weight excluding hydrogens is 333 g/mol. The van der Waals surface area contributed by atoms with Crippen molar-refractivity contribution in [3.8, 4) is 0 Å². The lowest BCUT2D eigenvalue weighted by atomic mass is 9.95. The number of aromatic nitrogens is 3. The summed E-state index contributed by atoms with van der Waals surface area (Å²) in [5.74, 6) is -0.484. The van der Waals surface area contributed by atoms with Crippen molar-refractivity contribution in [3.63, 3.8) is 0 Å². The highest BCUT2D eigenvalue weighted by Gasteiger charge is 2.42. The molecule has 0 bridgehead atoms. The van der Waals surface area contributed by atoms with Gasteiger partial charge in [-0.05, 0) is 12.1 Å². The molecule has 2 aromatic heterocycles. The average Bonchev–Trinajstić information content (AvgIpc) is 2.73. The highest BCUT2D eigenvalue weighted by atomic mass is 35.5. The number of alkyl halides is 3. The summed E-state index contributed by atoms with van der Waals surface area (Å²) in [6.07, 6.45) is -3.04. The molecule has 1 saturated heterocycles. The van der Waals surface area contributed by atoms with Crippen LogP contribution in [0.5, 0.6) is 0 Å². The third-order valence-electron chi connectivity index (χ3n) is 3.74. The van der Waals surface area contributed by atoms with Gasteiger partial charge in [0, 0.05) is 37.9 Å². The van der Waals surface area contributed by atoms with E-state index in [9.17, 15) is 18.0 Å². The van der Waals surface area contributed by atoms with Crippen LogP contribution in [0.2, 0.25) is 5.02 Å². The third-order valence-corrected chi connectivity index (χ3v) is 4.09. The zero-order chi connectivity index (χ0) is 16.8. The first-order chi connectivity index (χ1) is 10.8. The maximum atomic E-state index is 12.8. The van der Waals surface area contributed by atoms with Gasteiger partial charge in [0.1, 0.15) is 10.7 Å². The second-order valence-electron chi connectivity index (χ2n) is 5.29. The van der Waals surface area contributed by atoms with Crippen molar-refractivity contribution in [2.45, 2.75) is 12.1 Å². The summed E-state index contributed by atoms with van der Waals surface area (Å²) < 4.78 is 39.3. The van der Waals surface area contributed by atoms with Crippen LogP contribution in [0.1, 0.15) is 27.8 Å². The van der Waals surface area contributed by atoms with Crippen LogP contribution in [0, 0.1) is 0 Å². The summed E-state index contributed by atoms with van der Waals surface area (Å²) in [7, 11) is 1.27. The predicted molar refractivity (Wildman–Crippen MR) is 76.1 cm³/mol. The number of rotatable bonds is 2. The molecule has 122 valence electrons. The van der Waals surface area contributed by atoms with Crippen molar-refractivity contribution < 1.29 is 18.0 Å². The lowest BCUT2D eigenvalue weighted by molar-refractivity contribution is -0.141. The summed E-state index contributed by atoms with van der Waals surface area (Å²) >= 11 is 5.72. The third kappa shape index (κ3) is 2.78. The van der Waals surface area contributed by atoms with Gasteiger partial charge in [-0.15, -0.1) is 0 Å². The largest absolute Gasteiger partial charge is 0.436 e. The van der Waals surface area contributed by atoms with E-state index in [1.165, 1.54) is 11.9 Å². The minimum absolute atomic E-state index is 0.0780. The number of hydrogen-bond acceptors (Lipinski definition) is 3. The second kappa shape index (κ2) is 5.52. The van der Waals surface area contributed by atoms with Crippen LogP contribution in [0.4, 0.5) is 13.2 Å². The van der Waals surface area contributed by atoms with Crippen molar-refractivity contribution in [2.75, 3.05) is 13.1 Å². The Hall–Kier alpha value is -2.09. The predicted octanol–water partition coefficient (Wildman–Crippen LogP) is 2.73. The molecule has 1 fully saturated rings. The Morgan fingerprint density at radius 2 is 2.04 bits per heavy atom. The minimum Gasteiger partial charge on any atom is -0.336 e.